The molecule has 0 spiro atoms. The van der Waals surface area contributed by atoms with Gasteiger partial charge in [-0.25, -0.2) is 0 Å². The van der Waals surface area contributed by atoms with Crippen molar-refractivity contribution in [2.45, 2.75) is 32.2 Å². The average molecular weight is 219 g/mol. The standard InChI is InChI=1S/C13H17NO2/c1-8(13(15)16)12(14)11-6-5-9-3-2-4-10(9)7-11/h5-8,12H,2-4,14H2,1H3,(H,15,16). The summed E-state index contributed by atoms with van der Waals surface area (Å²) < 4.78 is 0. The molecule has 0 aromatic heterocycles. The highest BCUT2D eigenvalue weighted by atomic mass is 16.4. The van der Waals surface area contributed by atoms with Crippen molar-refractivity contribution < 1.29 is 9.90 Å². The summed E-state index contributed by atoms with van der Waals surface area (Å²) in [5.74, 6) is -1.38. The van der Waals surface area contributed by atoms with Gasteiger partial charge in [-0.05, 0) is 36.0 Å². The Morgan fingerprint density at radius 3 is 2.75 bits per heavy atom. The number of nitrogens with two attached hydrogens (primary N) is 1. The Balaban J connectivity index is 2.24. The lowest BCUT2D eigenvalue weighted by Crippen LogP contribution is -2.25. The van der Waals surface area contributed by atoms with Crippen LogP contribution in [-0.2, 0) is 17.6 Å². The monoisotopic (exact) mass is 219 g/mol. The highest BCUT2D eigenvalue weighted by Gasteiger charge is 2.22. The van der Waals surface area contributed by atoms with Crippen LogP contribution in [0.3, 0.4) is 0 Å². The quantitative estimate of drug-likeness (QED) is 0.816. The number of carboxylic acids is 1. The van der Waals surface area contributed by atoms with E-state index in [-0.39, 0.29) is 0 Å². The van der Waals surface area contributed by atoms with Gasteiger partial charge in [0.1, 0.15) is 0 Å². The van der Waals surface area contributed by atoms with Gasteiger partial charge in [0.15, 0.2) is 0 Å². The molecular formula is C13H17NO2. The number of aryl methyl sites for hydroxylation is 2. The summed E-state index contributed by atoms with van der Waals surface area (Å²) in [6, 6.07) is 5.72. The molecule has 1 aliphatic carbocycles. The Bertz CT molecular complexity index is 414. The minimum atomic E-state index is -0.840. The van der Waals surface area contributed by atoms with Gasteiger partial charge in [0.05, 0.1) is 5.92 Å². The fourth-order valence-corrected chi connectivity index (χ4v) is 2.24. The summed E-state index contributed by atoms with van der Waals surface area (Å²) in [6.45, 7) is 1.65. The normalized spacial score (nSPS) is 17.9. The fraction of sp³-hybridized carbons (Fsp3) is 0.462. The van der Waals surface area contributed by atoms with E-state index in [9.17, 15) is 4.79 Å². The van der Waals surface area contributed by atoms with Crippen LogP contribution in [-0.4, -0.2) is 11.1 Å². The van der Waals surface area contributed by atoms with Crippen LogP contribution < -0.4 is 5.73 Å². The molecule has 3 nitrogen and oxygen atoms in total. The molecule has 2 atom stereocenters. The molecule has 1 aliphatic rings. The van der Waals surface area contributed by atoms with Gasteiger partial charge in [0.25, 0.3) is 0 Å². The lowest BCUT2D eigenvalue weighted by atomic mass is 9.93. The van der Waals surface area contributed by atoms with E-state index >= 15 is 0 Å². The van der Waals surface area contributed by atoms with Crippen molar-refractivity contribution in [3.05, 3.63) is 34.9 Å². The summed E-state index contributed by atoms with van der Waals surface area (Å²) in [6.07, 6.45) is 3.43. The molecule has 0 saturated carbocycles. The summed E-state index contributed by atoms with van der Waals surface area (Å²) in [5, 5.41) is 8.93. The Labute approximate surface area is 95.3 Å². The number of carboxylic acid groups (broad SMARTS) is 1. The molecule has 3 heteroatoms. The van der Waals surface area contributed by atoms with E-state index in [0.717, 1.165) is 18.4 Å². The molecule has 0 saturated heterocycles. The van der Waals surface area contributed by atoms with E-state index in [1.165, 1.54) is 17.5 Å². The molecule has 0 aliphatic heterocycles. The number of benzene rings is 1. The van der Waals surface area contributed by atoms with E-state index in [1.807, 2.05) is 6.07 Å². The second kappa shape index (κ2) is 4.26. The molecule has 16 heavy (non-hydrogen) atoms. The number of hydrogen-bond acceptors (Lipinski definition) is 2. The van der Waals surface area contributed by atoms with Crippen molar-refractivity contribution in [3.8, 4) is 0 Å². The van der Waals surface area contributed by atoms with Gasteiger partial charge in [0, 0.05) is 6.04 Å². The van der Waals surface area contributed by atoms with Crippen molar-refractivity contribution in [1.82, 2.24) is 0 Å². The molecule has 0 fully saturated rings. The van der Waals surface area contributed by atoms with Gasteiger partial charge in [0.2, 0.25) is 0 Å². The first-order valence-electron chi connectivity index (χ1n) is 5.69. The van der Waals surface area contributed by atoms with Gasteiger partial charge in [-0.15, -0.1) is 0 Å². The molecule has 2 rings (SSSR count). The Morgan fingerprint density at radius 1 is 1.38 bits per heavy atom. The van der Waals surface area contributed by atoms with E-state index < -0.39 is 17.9 Å². The maximum absolute atomic E-state index is 10.9. The number of hydrogen-bond donors (Lipinski definition) is 2. The van der Waals surface area contributed by atoms with Crippen molar-refractivity contribution in [2.24, 2.45) is 11.7 Å². The highest BCUT2D eigenvalue weighted by Crippen LogP contribution is 2.27. The highest BCUT2D eigenvalue weighted by molar-refractivity contribution is 5.70. The van der Waals surface area contributed by atoms with E-state index in [0.29, 0.717) is 0 Å². The summed E-state index contributed by atoms with van der Waals surface area (Å²) in [4.78, 5) is 10.9. The van der Waals surface area contributed by atoms with Crippen molar-refractivity contribution in [2.75, 3.05) is 0 Å². The van der Waals surface area contributed by atoms with Crippen LogP contribution in [0.4, 0.5) is 0 Å². The molecule has 0 radical (unpaired) electrons. The van der Waals surface area contributed by atoms with Crippen LogP contribution in [0, 0.1) is 5.92 Å². The van der Waals surface area contributed by atoms with Gasteiger partial charge in [-0.3, -0.25) is 4.79 Å². The van der Waals surface area contributed by atoms with Crippen LogP contribution in [0.25, 0.3) is 0 Å². The fourth-order valence-electron chi connectivity index (χ4n) is 2.24. The lowest BCUT2D eigenvalue weighted by Gasteiger charge is -2.17. The summed E-state index contributed by atoms with van der Waals surface area (Å²) in [7, 11) is 0. The van der Waals surface area contributed by atoms with E-state index in [1.54, 1.807) is 6.92 Å². The minimum absolute atomic E-state index is 0.414. The zero-order valence-corrected chi connectivity index (χ0v) is 9.44. The van der Waals surface area contributed by atoms with E-state index in [4.69, 9.17) is 10.8 Å². The maximum Gasteiger partial charge on any atom is 0.308 e. The number of fused-ring (bicyclic) bond motifs is 1. The zero-order chi connectivity index (χ0) is 11.7. The molecule has 0 amide bonds. The molecule has 0 bridgehead atoms. The first-order valence-corrected chi connectivity index (χ1v) is 5.69. The minimum Gasteiger partial charge on any atom is -0.481 e. The van der Waals surface area contributed by atoms with Crippen LogP contribution in [0.2, 0.25) is 0 Å². The molecule has 2 unspecified atom stereocenters. The molecule has 1 aromatic rings. The maximum atomic E-state index is 10.9. The smallest absolute Gasteiger partial charge is 0.308 e. The van der Waals surface area contributed by atoms with E-state index in [2.05, 4.69) is 12.1 Å². The van der Waals surface area contributed by atoms with Crippen LogP contribution in [0.5, 0.6) is 0 Å². The van der Waals surface area contributed by atoms with Crippen LogP contribution in [0.1, 0.15) is 36.1 Å². The topological polar surface area (TPSA) is 63.3 Å². The number of rotatable bonds is 3. The summed E-state index contributed by atoms with van der Waals surface area (Å²) in [5.41, 5.74) is 9.62. The first-order chi connectivity index (χ1) is 7.59. The third-order valence-corrected chi connectivity index (χ3v) is 3.44. The Kier molecular flexibility index (Phi) is 2.97. The second-order valence-corrected chi connectivity index (χ2v) is 4.53. The first kappa shape index (κ1) is 11.1. The SMILES string of the molecule is CC(C(=O)O)C(N)c1ccc2c(c1)CCC2. The van der Waals surface area contributed by atoms with Gasteiger partial charge in [-0.1, -0.05) is 25.1 Å². The largest absolute Gasteiger partial charge is 0.481 e. The molecule has 86 valence electrons. The molecular weight excluding hydrogens is 202 g/mol. The van der Waals surface area contributed by atoms with Gasteiger partial charge >= 0.3 is 5.97 Å². The number of carbonyl (C=O) groups is 1. The van der Waals surface area contributed by atoms with Crippen molar-refractivity contribution in [3.63, 3.8) is 0 Å². The predicted octanol–water partition coefficient (Wildman–Crippen LogP) is 1.90. The van der Waals surface area contributed by atoms with Crippen molar-refractivity contribution >= 4 is 5.97 Å². The molecule has 3 N–H and O–H groups in total. The number of aliphatic carboxylic acids is 1. The Hall–Kier alpha value is -1.35. The molecule has 0 heterocycles. The molecule has 1 aromatic carbocycles. The van der Waals surface area contributed by atoms with Gasteiger partial charge in [-0.2, -0.15) is 0 Å². The predicted molar refractivity (Wildman–Crippen MR) is 62.2 cm³/mol. The third kappa shape index (κ3) is 1.95. The van der Waals surface area contributed by atoms with Crippen LogP contribution >= 0.6 is 0 Å². The summed E-state index contributed by atoms with van der Waals surface area (Å²) >= 11 is 0. The second-order valence-electron chi connectivity index (χ2n) is 4.53. The Morgan fingerprint density at radius 2 is 2.06 bits per heavy atom. The zero-order valence-electron chi connectivity index (χ0n) is 9.44. The lowest BCUT2D eigenvalue weighted by molar-refractivity contribution is -0.141. The van der Waals surface area contributed by atoms with Gasteiger partial charge < -0.3 is 10.8 Å². The van der Waals surface area contributed by atoms with Crippen LogP contribution in [0.15, 0.2) is 18.2 Å². The average Bonchev–Trinajstić information content (AvgIpc) is 2.73. The third-order valence-electron chi connectivity index (χ3n) is 3.44. The van der Waals surface area contributed by atoms with Crippen molar-refractivity contribution in [1.29, 1.82) is 0 Å².